The molecule has 1 aliphatic rings. The number of ether oxygens (including phenoxy) is 1. The number of rotatable bonds is 6. The molecule has 2 heterocycles. The highest BCUT2D eigenvalue weighted by Crippen LogP contribution is 2.26. The van der Waals surface area contributed by atoms with Crippen LogP contribution in [0.25, 0.3) is 0 Å². The Morgan fingerprint density at radius 1 is 1.60 bits per heavy atom. The average molecular weight is 280 g/mol. The maximum absolute atomic E-state index is 12.2. The number of nitrogens with zero attached hydrogens (tertiary/aromatic N) is 3. The van der Waals surface area contributed by atoms with Crippen molar-refractivity contribution in [3.05, 3.63) is 18.2 Å². The van der Waals surface area contributed by atoms with E-state index in [1.54, 1.807) is 12.5 Å². The molecule has 2 unspecified atom stereocenters. The number of nitrogens with two attached hydrogens (primary N) is 1. The zero-order chi connectivity index (χ0) is 14.5. The molecule has 1 aliphatic heterocycles. The summed E-state index contributed by atoms with van der Waals surface area (Å²) >= 11 is 0. The summed E-state index contributed by atoms with van der Waals surface area (Å²) in [6.45, 7) is 7.18. The zero-order valence-corrected chi connectivity index (χ0v) is 12.3. The molecule has 0 spiro atoms. The Labute approximate surface area is 119 Å². The smallest absolute Gasteiger partial charge is 0.242 e. The summed E-state index contributed by atoms with van der Waals surface area (Å²) in [6, 6.07) is -0.121. The normalized spacial score (nSPS) is 20.1. The number of hydrogen-bond donors (Lipinski definition) is 1. The topological polar surface area (TPSA) is 73.4 Å². The van der Waals surface area contributed by atoms with E-state index in [1.807, 2.05) is 23.3 Å². The molecule has 1 aromatic rings. The predicted molar refractivity (Wildman–Crippen MR) is 76.0 cm³/mol. The van der Waals surface area contributed by atoms with Gasteiger partial charge in [-0.1, -0.05) is 0 Å². The standard InChI is InChI=1S/C14H24N4O2/c1-3-17(4-2)13(19)8-18-10-16-7-12(18)14(15)11-5-6-20-9-11/h7,10-11,14H,3-6,8-9,15H2,1-2H3. The monoisotopic (exact) mass is 280 g/mol. The lowest BCUT2D eigenvalue weighted by Gasteiger charge is -2.22. The predicted octanol–water partition coefficient (Wildman–Crippen LogP) is 0.788. The number of likely N-dealkylation sites (N-methyl/N-ethyl adjacent to an activating group) is 1. The summed E-state index contributed by atoms with van der Waals surface area (Å²) in [5.41, 5.74) is 7.21. The van der Waals surface area contributed by atoms with E-state index in [1.165, 1.54) is 0 Å². The maximum atomic E-state index is 12.2. The van der Waals surface area contributed by atoms with Crippen molar-refractivity contribution in [1.82, 2.24) is 14.5 Å². The molecular formula is C14H24N4O2. The Morgan fingerprint density at radius 2 is 2.35 bits per heavy atom. The summed E-state index contributed by atoms with van der Waals surface area (Å²) < 4.78 is 7.25. The van der Waals surface area contributed by atoms with Gasteiger partial charge < -0.3 is 19.9 Å². The third-order valence-corrected chi connectivity index (χ3v) is 3.98. The Balaban J connectivity index is 2.06. The van der Waals surface area contributed by atoms with Gasteiger partial charge in [0, 0.05) is 31.8 Å². The van der Waals surface area contributed by atoms with Crippen molar-refractivity contribution in [3.8, 4) is 0 Å². The van der Waals surface area contributed by atoms with Crippen LogP contribution < -0.4 is 5.73 Å². The van der Waals surface area contributed by atoms with E-state index >= 15 is 0 Å². The molecule has 1 aromatic heterocycles. The van der Waals surface area contributed by atoms with Gasteiger partial charge in [-0.3, -0.25) is 4.79 Å². The van der Waals surface area contributed by atoms with Crippen LogP contribution in [0.1, 0.15) is 32.0 Å². The SMILES string of the molecule is CCN(CC)C(=O)Cn1cncc1C(N)C1CCOC1. The largest absolute Gasteiger partial charge is 0.381 e. The van der Waals surface area contributed by atoms with Gasteiger partial charge in [0.2, 0.25) is 5.91 Å². The first-order valence-corrected chi connectivity index (χ1v) is 7.28. The van der Waals surface area contributed by atoms with Crippen molar-refractivity contribution in [2.75, 3.05) is 26.3 Å². The van der Waals surface area contributed by atoms with Gasteiger partial charge in [-0.05, 0) is 20.3 Å². The molecule has 2 N–H and O–H groups in total. The molecule has 0 aliphatic carbocycles. The average Bonchev–Trinajstić information content (AvgIpc) is 3.10. The second-order valence-corrected chi connectivity index (χ2v) is 5.16. The second kappa shape index (κ2) is 6.85. The van der Waals surface area contributed by atoms with Gasteiger partial charge in [-0.2, -0.15) is 0 Å². The van der Waals surface area contributed by atoms with E-state index in [0.29, 0.717) is 19.1 Å². The van der Waals surface area contributed by atoms with Gasteiger partial charge in [-0.25, -0.2) is 4.98 Å². The molecule has 0 aromatic carbocycles. The highest BCUT2D eigenvalue weighted by atomic mass is 16.5. The minimum absolute atomic E-state index is 0.101. The van der Waals surface area contributed by atoms with Gasteiger partial charge in [-0.15, -0.1) is 0 Å². The Kier molecular flexibility index (Phi) is 5.14. The first-order valence-electron chi connectivity index (χ1n) is 7.28. The van der Waals surface area contributed by atoms with Crippen LogP contribution in [-0.2, 0) is 16.1 Å². The molecular weight excluding hydrogens is 256 g/mol. The molecule has 2 atom stereocenters. The maximum Gasteiger partial charge on any atom is 0.242 e. The lowest BCUT2D eigenvalue weighted by Crippen LogP contribution is -2.34. The van der Waals surface area contributed by atoms with E-state index in [2.05, 4.69) is 4.98 Å². The number of amides is 1. The Hall–Kier alpha value is -1.40. The van der Waals surface area contributed by atoms with Crippen LogP contribution in [-0.4, -0.2) is 46.7 Å². The zero-order valence-electron chi connectivity index (χ0n) is 12.3. The molecule has 0 saturated carbocycles. The molecule has 20 heavy (non-hydrogen) atoms. The van der Waals surface area contributed by atoms with Crippen molar-refractivity contribution in [2.45, 2.75) is 32.9 Å². The van der Waals surface area contributed by atoms with E-state index in [-0.39, 0.29) is 11.9 Å². The van der Waals surface area contributed by atoms with E-state index in [9.17, 15) is 4.79 Å². The minimum Gasteiger partial charge on any atom is -0.381 e. The van der Waals surface area contributed by atoms with Gasteiger partial charge >= 0.3 is 0 Å². The lowest BCUT2D eigenvalue weighted by molar-refractivity contribution is -0.131. The van der Waals surface area contributed by atoms with Crippen molar-refractivity contribution in [2.24, 2.45) is 11.7 Å². The minimum atomic E-state index is -0.121. The number of carbonyl (C=O) groups excluding carboxylic acids is 1. The first kappa shape index (κ1) is 15.0. The van der Waals surface area contributed by atoms with Crippen LogP contribution in [0.5, 0.6) is 0 Å². The molecule has 6 nitrogen and oxygen atoms in total. The number of aromatic nitrogens is 2. The van der Waals surface area contributed by atoms with Gasteiger partial charge in [0.15, 0.2) is 0 Å². The number of imidazole rings is 1. The molecule has 2 rings (SSSR count). The summed E-state index contributed by atoms with van der Waals surface area (Å²) in [5, 5.41) is 0. The van der Waals surface area contributed by atoms with E-state index in [0.717, 1.165) is 31.8 Å². The summed E-state index contributed by atoms with van der Waals surface area (Å²) in [4.78, 5) is 18.1. The second-order valence-electron chi connectivity index (χ2n) is 5.16. The molecule has 112 valence electrons. The van der Waals surface area contributed by atoms with Crippen molar-refractivity contribution in [3.63, 3.8) is 0 Å². The lowest BCUT2D eigenvalue weighted by atomic mass is 9.97. The molecule has 1 fully saturated rings. The molecule has 6 heteroatoms. The van der Waals surface area contributed by atoms with Crippen molar-refractivity contribution in [1.29, 1.82) is 0 Å². The fourth-order valence-electron chi connectivity index (χ4n) is 2.64. The Bertz CT molecular complexity index is 436. The van der Waals surface area contributed by atoms with E-state index in [4.69, 9.17) is 10.5 Å². The quantitative estimate of drug-likeness (QED) is 0.836. The number of carbonyl (C=O) groups is 1. The summed E-state index contributed by atoms with van der Waals surface area (Å²) in [7, 11) is 0. The third kappa shape index (κ3) is 3.19. The van der Waals surface area contributed by atoms with E-state index < -0.39 is 0 Å². The number of hydrogen-bond acceptors (Lipinski definition) is 4. The fourth-order valence-corrected chi connectivity index (χ4v) is 2.64. The fraction of sp³-hybridized carbons (Fsp3) is 0.714. The van der Waals surface area contributed by atoms with Crippen LogP contribution in [0.2, 0.25) is 0 Å². The Morgan fingerprint density at radius 3 is 2.95 bits per heavy atom. The molecule has 0 radical (unpaired) electrons. The van der Waals surface area contributed by atoms with Gasteiger partial charge in [0.05, 0.1) is 24.7 Å². The molecule has 1 saturated heterocycles. The van der Waals surface area contributed by atoms with Crippen LogP contribution in [0.4, 0.5) is 0 Å². The molecule has 0 bridgehead atoms. The van der Waals surface area contributed by atoms with Crippen LogP contribution >= 0.6 is 0 Å². The van der Waals surface area contributed by atoms with Crippen LogP contribution in [0.15, 0.2) is 12.5 Å². The first-order chi connectivity index (χ1) is 9.67. The third-order valence-electron chi connectivity index (χ3n) is 3.98. The van der Waals surface area contributed by atoms with Crippen LogP contribution in [0, 0.1) is 5.92 Å². The van der Waals surface area contributed by atoms with Crippen molar-refractivity contribution < 1.29 is 9.53 Å². The van der Waals surface area contributed by atoms with Gasteiger partial charge in [0.25, 0.3) is 0 Å². The van der Waals surface area contributed by atoms with Crippen molar-refractivity contribution >= 4 is 5.91 Å². The summed E-state index contributed by atoms with van der Waals surface area (Å²) in [5.74, 6) is 0.415. The van der Waals surface area contributed by atoms with Gasteiger partial charge in [0.1, 0.15) is 6.54 Å². The highest BCUT2D eigenvalue weighted by molar-refractivity contribution is 5.76. The highest BCUT2D eigenvalue weighted by Gasteiger charge is 2.26. The molecule has 1 amide bonds. The summed E-state index contributed by atoms with van der Waals surface area (Å²) in [6.07, 6.45) is 4.42. The van der Waals surface area contributed by atoms with Crippen LogP contribution in [0.3, 0.4) is 0 Å².